The molecule has 0 saturated heterocycles. The van der Waals surface area contributed by atoms with Gasteiger partial charge in [0, 0.05) is 38.4 Å². The lowest BCUT2D eigenvalue weighted by molar-refractivity contribution is 0.995. The van der Waals surface area contributed by atoms with Crippen molar-refractivity contribution < 1.29 is 0 Å². The number of aryl methyl sites for hydroxylation is 2. The molecule has 4 nitrogen and oxygen atoms in total. The first kappa shape index (κ1) is 30.1. The number of fused-ring (bicyclic) bond motifs is 6. The zero-order valence-electron chi connectivity index (χ0n) is 29.0. The van der Waals surface area contributed by atoms with Crippen molar-refractivity contribution in [1.29, 1.82) is 0 Å². The molecule has 3 aromatic heterocycles. The Balaban J connectivity index is 1.20. The third kappa shape index (κ3) is 4.91. The fraction of sp³-hybridized carbons (Fsp3) is 0.0417. The zero-order chi connectivity index (χ0) is 34.8. The Bertz CT molecular complexity index is 2890. The molecule has 0 radical (unpaired) electrons. The standard InChI is InChI=1S/C48H34N4/c1-31-16-20-33(21-17-31)42-30-43(34-22-18-32(2)19-23-34)50-48(49-42)52-45-15-9-6-12-38(45)40-26-24-36(29-47(40)52)35-25-27-46-41(28-35)39-13-7-8-14-44(39)51(46)37-10-4-3-5-11-37/h3-30H,1-2H3. The van der Waals surface area contributed by atoms with E-state index in [1.165, 1.54) is 43.7 Å². The maximum Gasteiger partial charge on any atom is 0.235 e. The van der Waals surface area contributed by atoms with Gasteiger partial charge in [-0.15, -0.1) is 0 Å². The Morgan fingerprint density at radius 2 is 0.827 bits per heavy atom. The smallest absolute Gasteiger partial charge is 0.235 e. The van der Waals surface area contributed by atoms with Crippen molar-refractivity contribution in [3.8, 4) is 45.3 Å². The Labute approximate surface area is 301 Å². The van der Waals surface area contributed by atoms with E-state index in [4.69, 9.17) is 9.97 Å². The number of rotatable bonds is 5. The van der Waals surface area contributed by atoms with Gasteiger partial charge >= 0.3 is 0 Å². The lowest BCUT2D eigenvalue weighted by Crippen LogP contribution is -2.04. The second kappa shape index (κ2) is 11.9. The minimum Gasteiger partial charge on any atom is -0.309 e. The van der Waals surface area contributed by atoms with Crippen LogP contribution in [0.1, 0.15) is 11.1 Å². The molecule has 0 amide bonds. The predicted octanol–water partition coefficient (Wildman–Crippen LogP) is 12.3. The van der Waals surface area contributed by atoms with E-state index in [9.17, 15) is 0 Å². The minimum atomic E-state index is 0.651. The summed E-state index contributed by atoms with van der Waals surface area (Å²) in [6.07, 6.45) is 0. The van der Waals surface area contributed by atoms with Crippen LogP contribution >= 0.6 is 0 Å². The predicted molar refractivity (Wildman–Crippen MR) is 216 cm³/mol. The summed E-state index contributed by atoms with van der Waals surface area (Å²) < 4.78 is 4.60. The fourth-order valence-corrected chi connectivity index (χ4v) is 7.65. The molecule has 0 aliphatic carbocycles. The number of nitrogens with zero attached hydrogens (tertiary/aromatic N) is 4. The summed E-state index contributed by atoms with van der Waals surface area (Å²) in [5.41, 5.74) is 14.3. The normalized spacial score (nSPS) is 11.7. The maximum absolute atomic E-state index is 5.28. The van der Waals surface area contributed by atoms with Crippen molar-refractivity contribution >= 4 is 43.6 Å². The van der Waals surface area contributed by atoms with Gasteiger partial charge in [-0.25, -0.2) is 9.97 Å². The van der Waals surface area contributed by atoms with Crippen LogP contribution in [0.2, 0.25) is 0 Å². The van der Waals surface area contributed by atoms with Crippen LogP contribution in [0.3, 0.4) is 0 Å². The van der Waals surface area contributed by atoms with E-state index in [1.54, 1.807) is 0 Å². The second-order valence-electron chi connectivity index (χ2n) is 13.7. The molecule has 0 aliphatic rings. The highest BCUT2D eigenvalue weighted by atomic mass is 15.2. The van der Waals surface area contributed by atoms with Gasteiger partial charge in [0.2, 0.25) is 5.95 Å². The highest BCUT2D eigenvalue weighted by Crippen LogP contribution is 2.38. The number of aromatic nitrogens is 4. The van der Waals surface area contributed by atoms with Gasteiger partial charge in [-0.2, -0.15) is 0 Å². The highest BCUT2D eigenvalue weighted by Gasteiger charge is 2.19. The van der Waals surface area contributed by atoms with Crippen LogP contribution in [-0.4, -0.2) is 19.1 Å². The quantitative estimate of drug-likeness (QED) is 0.183. The van der Waals surface area contributed by atoms with Crippen LogP contribution in [0.15, 0.2) is 170 Å². The monoisotopic (exact) mass is 666 g/mol. The number of hydrogen-bond acceptors (Lipinski definition) is 2. The molecule has 0 saturated carbocycles. The van der Waals surface area contributed by atoms with E-state index in [-0.39, 0.29) is 0 Å². The first-order valence-corrected chi connectivity index (χ1v) is 17.7. The van der Waals surface area contributed by atoms with E-state index in [1.807, 2.05) is 0 Å². The third-order valence-corrected chi connectivity index (χ3v) is 10.3. The van der Waals surface area contributed by atoms with Crippen molar-refractivity contribution in [3.63, 3.8) is 0 Å². The average Bonchev–Trinajstić information content (AvgIpc) is 3.71. The van der Waals surface area contributed by atoms with Crippen molar-refractivity contribution in [3.05, 3.63) is 181 Å². The summed E-state index contributed by atoms with van der Waals surface area (Å²) in [5.74, 6) is 0.651. The number of hydrogen-bond donors (Lipinski definition) is 0. The first-order chi connectivity index (χ1) is 25.6. The molecule has 0 fully saturated rings. The number of para-hydroxylation sites is 3. The number of benzene rings is 7. The highest BCUT2D eigenvalue weighted by molar-refractivity contribution is 6.12. The van der Waals surface area contributed by atoms with Crippen LogP contribution in [0.5, 0.6) is 0 Å². The summed E-state index contributed by atoms with van der Waals surface area (Å²) in [6.45, 7) is 4.23. The molecule has 0 atom stereocenters. The van der Waals surface area contributed by atoms with Gasteiger partial charge < -0.3 is 4.57 Å². The maximum atomic E-state index is 5.28. The van der Waals surface area contributed by atoms with E-state index >= 15 is 0 Å². The molecule has 52 heavy (non-hydrogen) atoms. The van der Waals surface area contributed by atoms with Gasteiger partial charge in [-0.3, -0.25) is 4.57 Å². The van der Waals surface area contributed by atoms with Gasteiger partial charge in [0.05, 0.1) is 33.5 Å². The molecule has 7 aromatic carbocycles. The summed E-state index contributed by atoms with van der Waals surface area (Å²) in [7, 11) is 0. The van der Waals surface area contributed by atoms with E-state index in [2.05, 4.69) is 193 Å². The van der Waals surface area contributed by atoms with E-state index in [0.29, 0.717) is 5.95 Å². The molecule has 246 valence electrons. The largest absolute Gasteiger partial charge is 0.309 e. The van der Waals surface area contributed by atoms with E-state index < -0.39 is 0 Å². The van der Waals surface area contributed by atoms with Crippen LogP contribution in [0.4, 0.5) is 0 Å². The summed E-state index contributed by atoms with van der Waals surface area (Å²) in [5, 5.41) is 4.81. The molecule has 3 heterocycles. The molecule has 4 heteroatoms. The molecule has 0 bridgehead atoms. The Morgan fingerprint density at radius 1 is 0.346 bits per heavy atom. The molecular formula is C48H34N4. The summed E-state index contributed by atoms with van der Waals surface area (Å²) in [4.78, 5) is 10.6. The Hall–Kier alpha value is -6.78. The van der Waals surface area contributed by atoms with Gasteiger partial charge in [-0.05, 0) is 73.5 Å². The van der Waals surface area contributed by atoms with Crippen LogP contribution in [0, 0.1) is 13.8 Å². The van der Waals surface area contributed by atoms with Gasteiger partial charge in [0.15, 0.2) is 0 Å². The first-order valence-electron chi connectivity index (χ1n) is 17.7. The van der Waals surface area contributed by atoms with Crippen LogP contribution < -0.4 is 0 Å². The van der Waals surface area contributed by atoms with Gasteiger partial charge in [0.1, 0.15) is 0 Å². The van der Waals surface area contributed by atoms with Crippen molar-refractivity contribution in [2.75, 3.05) is 0 Å². The van der Waals surface area contributed by atoms with Crippen molar-refractivity contribution in [2.24, 2.45) is 0 Å². The third-order valence-electron chi connectivity index (χ3n) is 10.3. The SMILES string of the molecule is Cc1ccc(-c2cc(-c3ccc(C)cc3)nc(-n3c4ccccc4c4ccc(-c5ccc6c(c5)c5ccccc5n6-c5ccccc5)cc43)n2)cc1. The molecule has 10 aromatic rings. The molecule has 0 unspecified atom stereocenters. The summed E-state index contributed by atoms with van der Waals surface area (Å²) in [6, 6.07) is 60.8. The molecule has 0 spiro atoms. The molecule has 0 aliphatic heterocycles. The lowest BCUT2D eigenvalue weighted by atomic mass is 10.0. The topological polar surface area (TPSA) is 35.6 Å². The van der Waals surface area contributed by atoms with Gasteiger partial charge in [-0.1, -0.05) is 132 Å². The molecule has 0 N–H and O–H groups in total. The minimum absolute atomic E-state index is 0.651. The van der Waals surface area contributed by atoms with Gasteiger partial charge in [0.25, 0.3) is 0 Å². The average molecular weight is 667 g/mol. The van der Waals surface area contributed by atoms with Crippen LogP contribution in [-0.2, 0) is 0 Å². The second-order valence-corrected chi connectivity index (χ2v) is 13.7. The molecular weight excluding hydrogens is 633 g/mol. The lowest BCUT2D eigenvalue weighted by Gasteiger charge is -2.12. The fourth-order valence-electron chi connectivity index (χ4n) is 7.65. The van der Waals surface area contributed by atoms with Crippen LogP contribution in [0.25, 0.3) is 88.9 Å². The van der Waals surface area contributed by atoms with E-state index in [0.717, 1.165) is 50.4 Å². The van der Waals surface area contributed by atoms with Crippen molar-refractivity contribution in [1.82, 2.24) is 19.1 Å². The Kier molecular flexibility index (Phi) is 6.90. The zero-order valence-corrected chi connectivity index (χ0v) is 29.0. The van der Waals surface area contributed by atoms with Crippen molar-refractivity contribution in [2.45, 2.75) is 13.8 Å². The molecule has 10 rings (SSSR count). The Morgan fingerprint density at radius 3 is 1.48 bits per heavy atom. The summed E-state index contributed by atoms with van der Waals surface area (Å²) >= 11 is 0.